The second-order valence-electron chi connectivity index (χ2n) is 4.36. The molecule has 0 saturated carbocycles. The fraction of sp³-hybridized carbons (Fsp3) is 0.571. The van der Waals surface area contributed by atoms with Crippen LogP contribution in [0.3, 0.4) is 0 Å². The second kappa shape index (κ2) is 8.92. The van der Waals surface area contributed by atoms with Crippen molar-refractivity contribution in [2.24, 2.45) is 0 Å². The Kier molecular flexibility index (Phi) is 7.91. The van der Waals surface area contributed by atoms with Gasteiger partial charge in [0.2, 0.25) is 0 Å². The first-order chi connectivity index (χ1) is 8.67. The average molecular weight is 334 g/mol. The highest BCUT2D eigenvalue weighted by Crippen LogP contribution is 2.22. The lowest BCUT2D eigenvalue weighted by molar-refractivity contribution is 0.287. The molecule has 18 heavy (non-hydrogen) atoms. The van der Waals surface area contributed by atoms with Gasteiger partial charge in [-0.15, -0.1) is 0 Å². The summed E-state index contributed by atoms with van der Waals surface area (Å²) in [5, 5.41) is 4.23. The molecular formula is C14H22BrClN2. The summed E-state index contributed by atoms with van der Waals surface area (Å²) in [5.74, 6) is 0. The van der Waals surface area contributed by atoms with Crippen molar-refractivity contribution in [2.45, 2.75) is 26.8 Å². The Balaban J connectivity index is 2.26. The van der Waals surface area contributed by atoms with Crippen LogP contribution in [0.2, 0.25) is 5.02 Å². The molecule has 0 bridgehead atoms. The fourth-order valence-corrected chi connectivity index (χ4v) is 2.41. The summed E-state index contributed by atoms with van der Waals surface area (Å²) < 4.78 is 0.963. The van der Waals surface area contributed by atoms with Gasteiger partial charge in [-0.1, -0.05) is 31.5 Å². The molecule has 0 atom stereocenters. The number of likely N-dealkylation sites (N-methyl/N-ethyl adjacent to an activating group) is 1. The minimum absolute atomic E-state index is 0.763. The maximum atomic E-state index is 5.96. The number of nitrogens with zero attached hydrogens (tertiary/aromatic N) is 1. The van der Waals surface area contributed by atoms with Gasteiger partial charge in [0.25, 0.3) is 0 Å². The molecular weight excluding hydrogens is 312 g/mol. The highest BCUT2D eigenvalue weighted by atomic mass is 79.9. The monoisotopic (exact) mass is 332 g/mol. The second-order valence-corrected chi connectivity index (χ2v) is 5.62. The molecule has 0 heterocycles. The standard InChI is InChI=1S/C14H22BrClN2/c1-3-8-18(4-2)9-7-17-11-12-5-6-14(16)13(15)10-12/h5-6,10,17H,3-4,7-9,11H2,1-2H3. The molecule has 0 spiro atoms. The van der Waals surface area contributed by atoms with Crippen LogP contribution in [0.5, 0.6) is 0 Å². The zero-order valence-corrected chi connectivity index (χ0v) is 13.5. The lowest BCUT2D eigenvalue weighted by Crippen LogP contribution is -2.32. The number of hydrogen-bond donors (Lipinski definition) is 1. The van der Waals surface area contributed by atoms with Crippen LogP contribution in [0.4, 0.5) is 0 Å². The summed E-state index contributed by atoms with van der Waals surface area (Å²) in [7, 11) is 0. The summed E-state index contributed by atoms with van der Waals surface area (Å²) in [4.78, 5) is 2.46. The van der Waals surface area contributed by atoms with Crippen molar-refractivity contribution in [1.82, 2.24) is 10.2 Å². The smallest absolute Gasteiger partial charge is 0.0548 e. The first-order valence-corrected chi connectivity index (χ1v) is 7.71. The highest BCUT2D eigenvalue weighted by molar-refractivity contribution is 9.10. The SMILES string of the molecule is CCCN(CC)CCNCc1ccc(Cl)c(Br)c1. The molecule has 0 aliphatic carbocycles. The molecule has 1 rings (SSSR count). The molecule has 0 radical (unpaired) electrons. The molecule has 1 aromatic carbocycles. The largest absolute Gasteiger partial charge is 0.311 e. The van der Waals surface area contributed by atoms with E-state index in [-0.39, 0.29) is 0 Å². The van der Waals surface area contributed by atoms with Gasteiger partial charge in [0, 0.05) is 24.1 Å². The zero-order chi connectivity index (χ0) is 13.4. The Labute approximate surface area is 124 Å². The van der Waals surface area contributed by atoms with Gasteiger partial charge in [-0.3, -0.25) is 0 Å². The predicted octanol–water partition coefficient (Wildman–Crippen LogP) is 3.92. The molecule has 4 heteroatoms. The third-order valence-electron chi connectivity index (χ3n) is 2.90. The van der Waals surface area contributed by atoms with Crippen LogP contribution in [-0.4, -0.2) is 31.1 Å². The van der Waals surface area contributed by atoms with Crippen molar-refractivity contribution in [1.29, 1.82) is 0 Å². The Morgan fingerprint density at radius 2 is 2.06 bits per heavy atom. The molecule has 0 saturated heterocycles. The predicted molar refractivity (Wildman–Crippen MR) is 83.3 cm³/mol. The van der Waals surface area contributed by atoms with E-state index < -0.39 is 0 Å². The Morgan fingerprint density at radius 3 is 2.67 bits per heavy atom. The van der Waals surface area contributed by atoms with E-state index in [1.807, 2.05) is 6.07 Å². The van der Waals surface area contributed by atoms with E-state index >= 15 is 0 Å². The Bertz CT molecular complexity index is 358. The summed E-state index contributed by atoms with van der Waals surface area (Å²) in [6.45, 7) is 9.77. The lowest BCUT2D eigenvalue weighted by atomic mass is 10.2. The number of rotatable bonds is 8. The molecule has 0 unspecified atom stereocenters. The van der Waals surface area contributed by atoms with Crippen LogP contribution in [0.25, 0.3) is 0 Å². The van der Waals surface area contributed by atoms with Crippen LogP contribution in [0, 0.1) is 0 Å². The average Bonchev–Trinajstić information content (AvgIpc) is 2.37. The third kappa shape index (κ3) is 5.70. The summed E-state index contributed by atoms with van der Waals surface area (Å²) in [6, 6.07) is 6.06. The van der Waals surface area contributed by atoms with Gasteiger partial charge in [0.05, 0.1) is 5.02 Å². The molecule has 102 valence electrons. The maximum absolute atomic E-state index is 5.96. The third-order valence-corrected chi connectivity index (χ3v) is 4.12. The summed E-state index contributed by atoms with van der Waals surface area (Å²) in [5.41, 5.74) is 1.25. The molecule has 0 amide bonds. The molecule has 0 aliphatic heterocycles. The maximum Gasteiger partial charge on any atom is 0.0548 e. The van der Waals surface area contributed by atoms with E-state index in [1.54, 1.807) is 0 Å². The van der Waals surface area contributed by atoms with Crippen molar-refractivity contribution < 1.29 is 0 Å². The summed E-state index contributed by atoms with van der Waals surface area (Å²) in [6.07, 6.45) is 1.22. The van der Waals surface area contributed by atoms with Crippen molar-refractivity contribution in [2.75, 3.05) is 26.2 Å². The van der Waals surface area contributed by atoms with Gasteiger partial charge in [0.15, 0.2) is 0 Å². The highest BCUT2D eigenvalue weighted by Gasteiger charge is 2.01. The number of benzene rings is 1. The van der Waals surface area contributed by atoms with Crippen molar-refractivity contribution in [3.05, 3.63) is 33.3 Å². The topological polar surface area (TPSA) is 15.3 Å². The van der Waals surface area contributed by atoms with E-state index in [4.69, 9.17) is 11.6 Å². The molecule has 2 nitrogen and oxygen atoms in total. The van der Waals surface area contributed by atoms with Crippen LogP contribution < -0.4 is 5.32 Å². The van der Waals surface area contributed by atoms with E-state index in [0.29, 0.717) is 0 Å². The lowest BCUT2D eigenvalue weighted by Gasteiger charge is -2.19. The quantitative estimate of drug-likeness (QED) is 0.725. The number of halogens is 2. The van der Waals surface area contributed by atoms with Gasteiger partial charge in [0.1, 0.15) is 0 Å². The van der Waals surface area contributed by atoms with Crippen LogP contribution >= 0.6 is 27.5 Å². The molecule has 0 fully saturated rings. The molecule has 0 aliphatic rings. The van der Waals surface area contributed by atoms with Gasteiger partial charge < -0.3 is 10.2 Å². The van der Waals surface area contributed by atoms with E-state index in [9.17, 15) is 0 Å². The minimum Gasteiger partial charge on any atom is -0.311 e. The number of nitrogens with one attached hydrogen (secondary N) is 1. The Morgan fingerprint density at radius 1 is 1.28 bits per heavy atom. The fourth-order valence-electron chi connectivity index (χ4n) is 1.86. The molecule has 1 N–H and O–H groups in total. The van der Waals surface area contributed by atoms with Crippen molar-refractivity contribution in [3.63, 3.8) is 0 Å². The Hall–Kier alpha value is -0.0900. The van der Waals surface area contributed by atoms with Crippen molar-refractivity contribution in [3.8, 4) is 0 Å². The van der Waals surface area contributed by atoms with Gasteiger partial charge >= 0.3 is 0 Å². The van der Waals surface area contributed by atoms with Gasteiger partial charge in [-0.05, 0) is 53.1 Å². The van der Waals surface area contributed by atoms with E-state index in [1.165, 1.54) is 18.5 Å². The first-order valence-electron chi connectivity index (χ1n) is 6.54. The first kappa shape index (κ1) is 16.0. The zero-order valence-electron chi connectivity index (χ0n) is 11.2. The van der Waals surface area contributed by atoms with Crippen LogP contribution in [0.15, 0.2) is 22.7 Å². The van der Waals surface area contributed by atoms with E-state index in [0.717, 1.165) is 35.7 Å². The minimum atomic E-state index is 0.763. The van der Waals surface area contributed by atoms with Crippen LogP contribution in [0.1, 0.15) is 25.8 Å². The van der Waals surface area contributed by atoms with E-state index in [2.05, 4.69) is 52.1 Å². The van der Waals surface area contributed by atoms with Gasteiger partial charge in [-0.25, -0.2) is 0 Å². The van der Waals surface area contributed by atoms with Crippen LogP contribution in [-0.2, 0) is 6.54 Å². The summed E-state index contributed by atoms with van der Waals surface area (Å²) >= 11 is 9.41. The molecule has 0 aromatic heterocycles. The number of hydrogen-bond acceptors (Lipinski definition) is 2. The van der Waals surface area contributed by atoms with Crippen molar-refractivity contribution >= 4 is 27.5 Å². The van der Waals surface area contributed by atoms with Gasteiger partial charge in [-0.2, -0.15) is 0 Å². The normalized spacial score (nSPS) is 11.2. The molecule has 1 aromatic rings.